The Bertz CT molecular complexity index is 233. The van der Waals surface area contributed by atoms with Gasteiger partial charge in [0, 0.05) is 12.1 Å². The molecule has 0 aromatic carbocycles. The molecular weight excluding hydrogens is 208 g/mol. The number of rotatable bonds is 6. The SMILES string of the molecule is CN1CCCCC1CCNC(C1CC1)C1CC1. The second-order valence-corrected chi connectivity index (χ2v) is 6.57. The minimum atomic E-state index is 0.857. The normalized spacial score (nSPS) is 31.1. The molecule has 0 radical (unpaired) electrons. The van der Waals surface area contributed by atoms with Crippen LogP contribution < -0.4 is 5.32 Å². The minimum absolute atomic E-state index is 0.857. The molecule has 0 bridgehead atoms. The van der Waals surface area contributed by atoms with E-state index in [4.69, 9.17) is 0 Å². The van der Waals surface area contributed by atoms with E-state index in [1.165, 1.54) is 64.5 Å². The lowest BCUT2D eigenvalue weighted by atomic mass is 9.99. The third kappa shape index (κ3) is 3.23. The maximum Gasteiger partial charge on any atom is 0.0124 e. The van der Waals surface area contributed by atoms with Crippen molar-refractivity contribution in [1.29, 1.82) is 0 Å². The Kier molecular flexibility index (Phi) is 3.72. The van der Waals surface area contributed by atoms with Crippen LogP contribution in [0.3, 0.4) is 0 Å². The fraction of sp³-hybridized carbons (Fsp3) is 1.00. The summed E-state index contributed by atoms with van der Waals surface area (Å²) in [4.78, 5) is 2.58. The van der Waals surface area contributed by atoms with Gasteiger partial charge in [-0.15, -0.1) is 0 Å². The second-order valence-electron chi connectivity index (χ2n) is 6.57. The average Bonchev–Trinajstić information content (AvgIpc) is 3.18. The van der Waals surface area contributed by atoms with E-state index >= 15 is 0 Å². The molecule has 0 spiro atoms. The average molecular weight is 236 g/mol. The first kappa shape index (κ1) is 12.0. The first-order chi connectivity index (χ1) is 8.34. The van der Waals surface area contributed by atoms with E-state index in [0.717, 1.165) is 23.9 Å². The fourth-order valence-electron chi connectivity index (χ4n) is 3.55. The van der Waals surface area contributed by atoms with Gasteiger partial charge in [-0.05, 0) is 76.9 Å². The highest BCUT2D eigenvalue weighted by molar-refractivity contribution is 4.96. The second kappa shape index (κ2) is 5.27. The Morgan fingerprint density at radius 3 is 2.35 bits per heavy atom. The number of piperidine rings is 1. The van der Waals surface area contributed by atoms with Crippen molar-refractivity contribution < 1.29 is 0 Å². The largest absolute Gasteiger partial charge is 0.313 e. The zero-order valence-electron chi connectivity index (χ0n) is 11.3. The molecule has 1 heterocycles. The lowest BCUT2D eigenvalue weighted by molar-refractivity contribution is 0.173. The summed E-state index contributed by atoms with van der Waals surface area (Å²) in [5, 5.41) is 3.88. The Morgan fingerprint density at radius 1 is 1.06 bits per heavy atom. The lowest BCUT2D eigenvalue weighted by Crippen LogP contribution is -2.40. The Hall–Kier alpha value is -0.0800. The summed E-state index contributed by atoms with van der Waals surface area (Å²) in [5.41, 5.74) is 0. The molecule has 1 atom stereocenters. The predicted octanol–water partition coefficient (Wildman–Crippen LogP) is 2.64. The van der Waals surface area contributed by atoms with E-state index in [1.807, 2.05) is 0 Å². The quantitative estimate of drug-likeness (QED) is 0.763. The van der Waals surface area contributed by atoms with Crippen LogP contribution >= 0.6 is 0 Å². The van der Waals surface area contributed by atoms with Gasteiger partial charge in [0.2, 0.25) is 0 Å². The van der Waals surface area contributed by atoms with Crippen LogP contribution in [0.15, 0.2) is 0 Å². The maximum atomic E-state index is 3.88. The van der Waals surface area contributed by atoms with E-state index in [1.54, 1.807) is 0 Å². The van der Waals surface area contributed by atoms with Crippen molar-refractivity contribution in [1.82, 2.24) is 10.2 Å². The number of hydrogen-bond donors (Lipinski definition) is 1. The van der Waals surface area contributed by atoms with Crippen LogP contribution in [-0.4, -0.2) is 37.1 Å². The van der Waals surface area contributed by atoms with Gasteiger partial charge in [-0.25, -0.2) is 0 Å². The topological polar surface area (TPSA) is 15.3 Å². The van der Waals surface area contributed by atoms with Crippen LogP contribution in [-0.2, 0) is 0 Å². The maximum absolute atomic E-state index is 3.88. The van der Waals surface area contributed by atoms with E-state index in [9.17, 15) is 0 Å². The van der Waals surface area contributed by atoms with Crippen LogP contribution in [0.2, 0.25) is 0 Å². The highest BCUT2D eigenvalue weighted by Gasteiger charge is 2.40. The smallest absolute Gasteiger partial charge is 0.0124 e. The van der Waals surface area contributed by atoms with Crippen molar-refractivity contribution in [3.8, 4) is 0 Å². The molecule has 3 aliphatic rings. The van der Waals surface area contributed by atoms with Crippen LogP contribution in [0, 0.1) is 11.8 Å². The molecule has 2 heteroatoms. The minimum Gasteiger partial charge on any atom is -0.313 e. The van der Waals surface area contributed by atoms with Gasteiger partial charge in [0.05, 0.1) is 0 Å². The van der Waals surface area contributed by atoms with Gasteiger partial charge in [-0.2, -0.15) is 0 Å². The Morgan fingerprint density at radius 2 is 1.76 bits per heavy atom. The zero-order chi connectivity index (χ0) is 11.7. The predicted molar refractivity (Wildman–Crippen MR) is 72.1 cm³/mol. The summed E-state index contributed by atoms with van der Waals surface area (Å²) in [6.07, 6.45) is 11.6. The van der Waals surface area contributed by atoms with E-state index in [-0.39, 0.29) is 0 Å². The molecule has 17 heavy (non-hydrogen) atoms. The van der Waals surface area contributed by atoms with Crippen LogP contribution in [0.4, 0.5) is 0 Å². The summed E-state index contributed by atoms with van der Waals surface area (Å²) in [5.74, 6) is 2.10. The van der Waals surface area contributed by atoms with Gasteiger partial charge >= 0.3 is 0 Å². The highest BCUT2D eigenvalue weighted by atomic mass is 15.1. The molecule has 1 unspecified atom stereocenters. The van der Waals surface area contributed by atoms with Gasteiger partial charge in [-0.1, -0.05) is 6.42 Å². The van der Waals surface area contributed by atoms with E-state index in [0.29, 0.717) is 0 Å². The van der Waals surface area contributed by atoms with Gasteiger partial charge < -0.3 is 10.2 Å². The van der Waals surface area contributed by atoms with Crippen molar-refractivity contribution in [2.45, 2.75) is 63.5 Å². The monoisotopic (exact) mass is 236 g/mol. The molecule has 0 aromatic heterocycles. The standard InChI is InChI=1S/C15H28N2/c1-17-11-3-2-4-14(17)9-10-16-15(12-5-6-12)13-7-8-13/h12-16H,2-11H2,1H3. The van der Waals surface area contributed by atoms with Crippen molar-refractivity contribution in [3.05, 3.63) is 0 Å². The van der Waals surface area contributed by atoms with Crippen molar-refractivity contribution in [2.24, 2.45) is 11.8 Å². The lowest BCUT2D eigenvalue weighted by Gasteiger charge is -2.33. The third-order valence-electron chi connectivity index (χ3n) is 5.04. The molecule has 3 rings (SSSR count). The molecule has 2 saturated carbocycles. The first-order valence-corrected chi connectivity index (χ1v) is 7.78. The number of likely N-dealkylation sites (tertiary alicyclic amines) is 1. The van der Waals surface area contributed by atoms with Gasteiger partial charge in [-0.3, -0.25) is 0 Å². The summed E-state index contributed by atoms with van der Waals surface area (Å²) >= 11 is 0. The van der Waals surface area contributed by atoms with E-state index in [2.05, 4.69) is 17.3 Å². The van der Waals surface area contributed by atoms with Gasteiger partial charge in [0.1, 0.15) is 0 Å². The number of nitrogens with zero attached hydrogens (tertiary/aromatic N) is 1. The molecular formula is C15H28N2. The van der Waals surface area contributed by atoms with Gasteiger partial charge in [0.15, 0.2) is 0 Å². The number of hydrogen-bond acceptors (Lipinski definition) is 2. The number of nitrogens with one attached hydrogen (secondary N) is 1. The Balaban J connectivity index is 1.38. The van der Waals surface area contributed by atoms with Crippen molar-refractivity contribution in [3.63, 3.8) is 0 Å². The molecule has 0 aromatic rings. The molecule has 1 N–H and O–H groups in total. The molecule has 0 amide bonds. The highest BCUT2D eigenvalue weighted by Crippen LogP contribution is 2.44. The van der Waals surface area contributed by atoms with Crippen molar-refractivity contribution >= 4 is 0 Å². The van der Waals surface area contributed by atoms with E-state index < -0.39 is 0 Å². The zero-order valence-corrected chi connectivity index (χ0v) is 11.3. The summed E-state index contributed by atoms with van der Waals surface area (Å²) in [7, 11) is 2.31. The van der Waals surface area contributed by atoms with Crippen LogP contribution in [0.1, 0.15) is 51.4 Å². The third-order valence-corrected chi connectivity index (χ3v) is 5.04. The molecule has 1 aliphatic heterocycles. The molecule has 2 aliphatic carbocycles. The molecule has 98 valence electrons. The summed E-state index contributed by atoms with van der Waals surface area (Å²) in [6.45, 7) is 2.58. The van der Waals surface area contributed by atoms with Crippen LogP contribution in [0.25, 0.3) is 0 Å². The molecule has 2 nitrogen and oxygen atoms in total. The first-order valence-electron chi connectivity index (χ1n) is 7.78. The Labute approximate surface area is 106 Å². The molecule has 3 fully saturated rings. The molecule has 1 saturated heterocycles. The van der Waals surface area contributed by atoms with Crippen molar-refractivity contribution in [2.75, 3.05) is 20.1 Å². The summed E-state index contributed by atoms with van der Waals surface area (Å²) in [6, 6.07) is 1.75. The fourth-order valence-corrected chi connectivity index (χ4v) is 3.55. The van der Waals surface area contributed by atoms with Crippen LogP contribution in [0.5, 0.6) is 0 Å². The summed E-state index contributed by atoms with van der Waals surface area (Å²) < 4.78 is 0. The van der Waals surface area contributed by atoms with Gasteiger partial charge in [0.25, 0.3) is 0 Å².